The molecule has 9 heteroatoms. The van der Waals surface area contributed by atoms with Crippen LogP contribution in [-0.4, -0.2) is 33.3 Å². The minimum atomic E-state index is -0.559. The van der Waals surface area contributed by atoms with Crippen LogP contribution in [0.2, 0.25) is 0 Å². The molecule has 0 unspecified atom stereocenters. The topological polar surface area (TPSA) is 108 Å². The van der Waals surface area contributed by atoms with E-state index in [9.17, 15) is 14.4 Å². The SMILES string of the molecule is COC(=O)CC1(Cn2c(=O)[nH]/c(=N\c3ccc(OC(C)C)c(C)c3)n(Cc3ccc(C)cc3)c2=O)CC1. The van der Waals surface area contributed by atoms with Gasteiger partial charge < -0.3 is 9.47 Å². The van der Waals surface area contributed by atoms with Crippen molar-refractivity contribution in [3.63, 3.8) is 0 Å². The number of hydrogen-bond donors (Lipinski definition) is 1. The van der Waals surface area contributed by atoms with E-state index in [0.717, 1.165) is 35.3 Å². The van der Waals surface area contributed by atoms with Gasteiger partial charge in [-0.1, -0.05) is 29.8 Å². The monoisotopic (exact) mass is 506 g/mol. The van der Waals surface area contributed by atoms with E-state index in [0.29, 0.717) is 5.69 Å². The molecule has 4 rings (SSSR count). The van der Waals surface area contributed by atoms with E-state index in [4.69, 9.17) is 9.47 Å². The molecular weight excluding hydrogens is 472 g/mol. The highest BCUT2D eigenvalue weighted by atomic mass is 16.5. The summed E-state index contributed by atoms with van der Waals surface area (Å²) in [5.74, 6) is 0.409. The molecule has 0 radical (unpaired) electrons. The van der Waals surface area contributed by atoms with Gasteiger partial charge in [0.2, 0.25) is 5.62 Å². The zero-order chi connectivity index (χ0) is 26.7. The summed E-state index contributed by atoms with van der Waals surface area (Å²) in [4.78, 5) is 46.1. The molecule has 0 bridgehead atoms. The molecule has 9 nitrogen and oxygen atoms in total. The fourth-order valence-electron chi connectivity index (χ4n) is 4.29. The third-order valence-corrected chi connectivity index (χ3v) is 6.60. The average molecular weight is 507 g/mol. The van der Waals surface area contributed by atoms with E-state index in [2.05, 4.69) is 9.98 Å². The van der Waals surface area contributed by atoms with E-state index in [1.54, 1.807) is 6.07 Å². The first-order chi connectivity index (χ1) is 17.6. The van der Waals surface area contributed by atoms with Crippen LogP contribution in [0.5, 0.6) is 5.75 Å². The minimum absolute atomic E-state index is 0.0380. The zero-order valence-corrected chi connectivity index (χ0v) is 22.0. The van der Waals surface area contributed by atoms with Crippen LogP contribution in [0.3, 0.4) is 0 Å². The molecule has 0 spiro atoms. The van der Waals surface area contributed by atoms with Crippen LogP contribution in [0.1, 0.15) is 49.8 Å². The third kappa shape index (κ3) is 6.28. The van der Waals surface area contributed by atoms with Crippen molar-refractivity contribution in [2.24, 2.45) is 10.4 Å². The van der Waals surface area contributed by atoms with Crippen molar-refractivity contribution < 1.29 is 14.3 Å². The first kappa shape index (κ1) is 26.2. The second kappa shape index (κ2) is 10.6. The van der Waals surface area contributed by atoms with Crippen molar-refractivity contribution in [1.29, 1.82) is 0 Å². The Morgan fingerprint density at radius 2 is 1.78 bits per heavy atom. The highest BCUT2D eigenvalue weighted by molar-refractivity contribution is 5.70. The maximum Gasteiger partial charge on any atom is 0.335 e. The molecule has 0 saturated heterocycles. The molecule has 0 atom stereocenters. The lowest BCUT2D eigenvalue weighted by Crippen LogP contribution is -2.51. The van der Waals surface area contributed by atoms with Gasteiger partial charge in [-0.15, -0.1) is 0 Å². The number of benzene rings is 2. The Bertz CT molecular complexity index is 1470. The molecular formula is C28H34N4O5. The maximum absolute atomic E-state index is 13.7. The summed E-state index contributed by atoms with van der Waals surface area (Å²) in [5.41, 5.74) is 2.17. The number of aryl methyl sites for hydroxylation is 2. The highest BCUT2D eigenvalue weighted by Gasteiger charge is 2.45. The Kier molecular flexibility index (Phi) is 7.52. The molecule has 1 N–H and O–H groups in total. The van der Waals surface area contributed by atoms with Gasteiger partial charge in [0, 0.05) is 6.54 Å². The molecule has 2 aromatic carbocycles. The van der Waals surface area contributed by atoms with Crippen molar-refractivity contribution in [2.45, 2.75) is 66.2 Å². The lowest BCUT2D eigenvalue weighted by Gasteiger charge is -2.17. The summed E-state index contributed by atoms with van der Waals surface area (Å²) in [5, 5.41) is 0. The molecule has 37 heavy (non-hydrogen) atoms. The highest BCUT2D eigenvalue weighted by Crippen LogP contribution is 2.50. The molecule has 1 aliphatic rings. The second-order valence-electron chi connectivity index (χ2n) is 10.2. The number of carbonyl (C=O) groups is 1. The van der Waals surface area contributed by atoms with Crippen molar-refractivity contribution in [2.75, 3.05) is 7.11 Å². The predicted octanol–water partition coefficient (Wildman–Crippen LogP) is 3.37. The van der Waals surface area contributed by atoms with Crippen LogP contribution in [0.25, 0.3) is 0 Å². The molecule has 0 aliphatic heterocycles. The Hall–Kier alpha value is -3.88. The van der Waals surface area contributed by atoms with Gasteiger partial charge in [-0.05, 0) is 75.3 Å². The van der Waals surface area contributed by atoms with E-state index < -0.39 is 16.8 Å². The first-order valence-corrected chi connectivity index (χ1v) is 12.5. The molecule has 196 valence electrons. The zero-order valence-electron chi connectivity index (χ0n) is 22.0. The molecule has 1 aromatic heterocycles. The van der Waals surface area contributed by atoms with Gasteiger partial charge in [-0.3, -0.25) is 14.3 Å². The van der Waals surface area contributed by atoms with Gasteiger partial charge in [0.25, 0.3) is 0 Å². The first-order valence-electron chi connectivity index (χ1n) is 12.5. The fourth-order valence-corrected chi connectivity index (χ4v) is 4.29. The average Bonchev–Trinajstić information content (AvgIpc) is 3.61. The summed E-state index contributed by atoms with van der Waals surface area (Å²) in [6.07, 6.45) is 1.71. The number of rotatable bonds is 9. The number of carbonyl (C=O) groups excluding carboxylic acids is 1. The number of hydrogen-bond acceptors (Lipinski definition) is 6. The summed E-state index contributed by atoms with van der Waals surface area (Å²) < 4.78 is 13.3. The van der Waals surface area contributed by atoms with Crippen LogP contribution in [0.4, 0.5) is 5.69 Å². The molecule has 0 amide bonds. The number of aromatic nitrogens is 3. The normalized spacial score (nSPS) is 14.6. The Labute approximate surface area is 215 Å². The summed E-state index contributed by atoms with van der Waals surface area (Å²) >= 11 is 0. The third-order valence-electron chi connectivity index (χ3n) is 6.60. The van der Waals surface area contributed by atoms with Gasteiger partial charge in [0.05, 0.1) is 31.9 Å². The number of H-pyrrole nitrogens is 1. The summed E-state index contributed by atoms with van der Waals surface area (Å²) in [6.45, 7) is 8.21. The van der Waals surface area contributed by atoms with Crippen LogP contribution in [0.15, 0.2) is 57.0 Å². The van der Waals surface area contributed by atoms with Crippen molar-refractivity contribution in [1.82, 2.24) is 14.1 Å². The summed E-state index contributed by atoms with van der Waals surface area (Å²) in [7, 11) is 1.34. The number of esters is 1. The van der Waals surface area contributed by atoms with Crippen LogP contribution < -0.4 is 21.7 Å². The quantitative estimate of drug-likeness (QED) is 0.448. The van der Waals surface area contributed by atoms with Crippen molar-refractivity contribution >= 4 is 11.7 Å². The second-order valence-corrected chi connectivity index (χ2v) is 10.2. The number of nitrogens with zero attached hydrogens (tertiary/aromatic N) is 3. The lowest BCUT2D eigenvalue weighted by molar-refractivity contribution is -0.142. The smallest absolute Gasteiger partial charge is 0.335 e. The number of nitrogens with one attached hydrogen (secondary N) is 1. The van der Waals surface area contributed by atoms with Crippen LogP contribution >= 0.6 is 0 Å². The standard InChI is InChI=1S/C28H34N4O5/c1-18(2)37-23-11-10-22(14-20(23)4)29-25-30-26(34)32(17-28(12-13-28)15-24(33)36-5)27(35)31(25)16-21-8-6-19(3)7-9-21/h6-11,14,18H,12-13,15-17H2,1-5H3,(H,29,30,34). The Morgan fingerprint density at radius 3 is 2.38 bits per heavy atom. The largest absolute Gasteiger partial charge is 0.491 e. The molecule has 1 heterocycles. The summed E-state index contributed by atoms with van der Waals surface area (Å²) in [6, 6.07) is 13.3. The predicted molar refractivity (Wildman–Crippen MR) is 140 cm³/mol. The Balaban J connectivity index is 1.80. The van der Waals surface area contributed by atoms with Gasteiger partial charge in [-0.25, -0.2) is 19.1 Å². The minimum Gasteiger partial charge on any atom is -0.491 e. The molecule has 3 aromatic rings. The van der Waals surface area contributed by atoms with Crippen molar-refractivity contribution in [3.8, 4) is 5.75 Å². The van der Waals surface area contributed by atoms with E-state index in [1.807, 2.05) is 64.1 Å². The fraction of sp³-hybridized carbons (Fsp3) is 0.429. The van der Waals surface area contributed by atoms with Crippen LogP contribution in [-0.2, 0) is 22.6 Å². The van der Waals surface area contributed by atoms with E-state index >= 15 is 0 Å². The van der Waals surface area contributed by atoms with Gasteiger partial charge >= 0.3 is 17.3 Å². The molecule has 1 saturated carbocycles. The van der Waals surface area contributed by atoms with Gasteiger partial charge in [0.15, 0.2) is 0 Å². The number of ether oxygens (including phenoxy) is 2. The molecule has 1 aliphatic carbocycles. The number of aromatic amines is 1. The van der Waals surface area contributed by atoms with Gasteiger partial charge in [0.1, 0.15) is 5.75 Å². The molecule has 1 fully saturated rings. The van der Waals surface area contributed by atoms with E-state index in [-0.39, 0.29) is 37.2 Å². The van der Waals surface area contributed by atoms with Gasteiger partial charge in [-0.2, -0.15) is 0 Å². The maximum atomic E-state index is 13.7. The Morgan fingerprint density at radius 1 is 1.08 bits per heavy atom. The van der Waals surface area contributed by atoms with Crippen molar-refractivity contribution in [3.05, 3.63) is 85.7 Å². The lowest BCUT2D eigenvalue weighted by atomic mass is 10.0. The van der Waals surface area contributed by atoms with E-state index in [1.165, 1.54) is 16.2 Å². The van der Waals surface area contributed by atoms with Crippen LogP contribution in [0, 0.1) is 19.3 Å². The number of methoxy groups -OCH3 is 1.